The lowest BCUT2D eigenvalue weighted by molar-refractivity contribution is -0.137. The maximum Gasteiger partial charge on any atom is 0.417 e. The van der Waals surface area contributed by atoms with Crippen LogP contribution in [0.15, 0.2) is 18.3 Å². The van der Waals surface area contributed by atoms with Crippen molar-refractivity contribution in [2.45, 2.75) is 11.7 Å². The molecular formula is C7H6ClF3N2. The van der Waals surface area contributed by atoms with Crippen LogP contribution in [0.25, 0.3) is 0 Å². The van der Waals surface area contributed by atoms with Crippen molar-refractivity contribution in [3.8, 4) is 0 Å². The number of alkyl halides is 4. The van der Waals surface area contributed by atoms with E-state index in [9.17, 15) is 13.2 Å². The van der Waals surface area contributed by atoms with Gasteiger partial charge in [0.2, 0.25) is 0 Å². The predicted octanol–water partition coefficient (Wildman–Crippen LogP) is 2.30. The molecule has 0 amide bonds. The second kappa shape index (κ2) is 3.51. The molecule has 0 aliphatic carbocycles. The van der Waals surface area contributed by atoms with E-state index in [-0.39, 0.29) is 5.69 Å². The zero-order valence-electron chi connectivity index (χ0n) is 6.35. The predicted molar refractivity (Wildman–Crippen MR) is 42.0 cm³/mol. The number of pyridine rings is 1. The van der Waals surface area contributed by atoms with Gasteiger partial charge in [-0.15, -0.1) is 0 Å². The van der Waals surface area contributed by atoms with Crippen LogP contribution in [0.1, 0.15) is 16.8 Å². The van der Waals surface area contributed by atoms with Gasteiger partial charge in [0.15, 0.2) is 0 Å². The van der Waals surface area contributed by atoms with Crippen molar-refractivity contribution in [2.24, 2.45) is 5.73 Å². The molecule has 0 fully saturated rings. The Hall–Kier alpha value is -0.810. The smallest absolute Gasteiger partial charge is 0.310 e. The number of hydrogen-bond donors (Lipinski definition) is 1. The van der Waals surface area contributed by atoms with Gasteiger partial charge in [0, 0.05) is 6.20 Å². The molecule has 1 rings (SSSR count). The topological polar surface area (TPSA) is 38.9 Å². The molecule has 13 heavy (non-hydrogen) atoms. The van der Waals surface area contributed by atoms with Crippen molar-refractivity contribution >= 4 is 11.6 Å². The summed E-state index contributed by atoms with van der Waals surface area (Å²) in [5, 5.41) is 0. The molecule has 72 valence electrons. The van der Waals surface area contributed by atoms with E-state index in [4.69, 9.17) is 17.3 Å². The van der Waals surface area contributed by atoms with Crippen LogP contribution >= 0.6 is 11.6 Å². The molecule has 2 nitrogen and oxygen atoms in total. The number of halogens is 4. The summed E-state index contributed by atoms with van der Waals surface area (Å²) in [6, 6.07) is 2.05. The minimum absolute atomic E-state index is 0.217. The molecule has 0 aliphatic rings. The number of rotatable bonds is 1. The third kappa shape index (κ3) is 2.57. The van der Waals surface area contributed by atoms with Gasteiger partial charge < -0.3 is 5.73 Å². The summed E-state index contributed by atoms with van der Waals surface area (Å²) in [6.07, 6.45) is -3.67. The van der Waals surface area contributed by atoms with Gasteiger partial charge in [-0.25, -0.2) is 0 Å². The van der Waals surface area contributed by atoms with E-state index in [0.29, 0.717) is 6.20 Å². The lowest BCUT2D eigenvalue weighted by atomic mass is 10.2. The van der Waals surface area contributed by atoms with Crippen LogP contribution in [0.5, 0.6) is 0 Å². The standard InChI is InChI=1S/C7H6ClF3N2/c8-6(12)5-2-1-4(3-13-5)7(9,10)11/h1-3,6H,12H2. The van der Waals surface area contributed by atoms with Crippen LogP contribution in [0.4, 0.5) is 13.2 Å². The van der Waals surface area contributed by atoms with Crippen molar-refractivity contribution in [3.63, 3.8) is 0 Å². The summed E-state index contributed by atoms with van der Waals surface area (Å²) in [6.45, 7) is 0. The van der Waals surface area contributed by atoms with Crippen LogP contribution in [-0.2, 0) is 6.18 Å². The highest BCUT2D eigenvalue weighted by Crippen LogP contribution is 2.28. The van der Waals surface area contributed by atoms with Gasteiger partial charge in [-0.05, 0) is 12.1 Å². The first-order valence-electron chi connectivity index (χ1n) is 3.34. The molecule has 0 radical (unpaired) electrons. The van der Waals surface area contributed by atoms with Crippen LogP contribution in [0.2, 0.25) is 0 Å². The van der Waals surface area contributed by atoms with E-state index in [1.54, 1.807) is 0 Å². The highest BCUT2D eigenvalue weighted by molar-refractivity contribution is 6.20. The van der Waals surface area contributed by atoms with Gasteiger partial charge in [-0.1, -0.05) is 11.6 Å². The maximum atomic E-state index is 12.0. The second-order valence-electron chi connectivity index (χ2n) is 2.37. The van der Waals surface area contributed by atoms with Crippen LogP contribution in [0, 0.1) is 0 Å². The van der Waals surface area contributed by atoms with E-state index < -0.39 is 17.2 Å². The molecule has 0 saturated carbocycles. The third-order valence-corrected chi connectivity index (χ3v) is 1.62. The normalized spacial score (nSPS) is 14.2. The Kier molecular flexibility index (Phi) is 2.77. The number of hydrogen-bond acceptors (Lipinski definition) is 2. The first-order chi connectivity index (χ1) is 5.91. The van der Waals surface area contributed by atoms with E-state index in [1.165, 1.54) is 0 Å². The zero-order valence-corrected chi connectivity index (χ0v) is 7.10. The number of nitrogens with two attached hydrogens (primary N) is 1. The molecule has 1 aromatic rings. The van der Waals surface area contributed by atoms with Crippen LogP contribution in [0.3, 0.4) is 0 Å². The minimum Gasteiger partial charge on any atom is -0.310 e. The average molecular weight is 211 g/mol. The van der Waals surface area contributed by atoms with Crippen molar-refractivity contribution in [1.29, 1.82) is 0 Å². The Morgan fingerprint density at radius 1 is 1.38 bits per heavy atom. The molecule has 0 aromatic carbocycles. The highest BCUT2D eigenvalue weighted by atomic mass is 35.5. The molecule has 0 saturated heterocycles. The van der Waals surface area contributed by atoms with Crippen LogP contribution in [-0.4, -0.2) is 4.98 Å². The maximum absolute atomic E-state index is 12.0. The Morgan fingerprint density at radius 2 is 2.00 bits per heavy atom. The molecule has 0 aliphatic heterocycles. The zero-order chi connectivity index (χ0) is 10.1. The van der Waals surface area contributed by atoms with Gasteiger partial charge >= 0.3 is 6.18 Å². The van der Waals surface area contributed by atoms with E-state index >= 15 is 0 Å². The van der Waals surface area contributed by atoms with Gasteiger partial charge in [-0.3, -0.25) is 4.98 Å². The largest absolute Gasteiger partial charge is 0.417 e. The minimum atomic E-state index is -4.37. The van der Waals surface area contributed by atoms with Gasteiger partial charge in [0.25, 0.3) is 0 Å². The van der Waals surface area contributed by atoms with Crippen LogP contribution < -0.4 is 5.73 Å². The Morgan fingerprint density at radius 3 is 2.31 bits per heavy atom. The summed E-state index contributed by atoms with van der Waals surface area (Å²) in [4.78, 5) is 3.47. The summed E-state index contributed by atoms with van der Waals surface area (Å²) >= 11 is 5.40. The summed E-state index contributed by atoms with van der Waals surface area (Å²) < 4.78 is 36.0. The van der Waals surface area contributed by atoms with E-state index in [0.717, 1.165) is 12.1 Å². The highest BCUT2D eigenvalue weighted by Gasteiger charge is 2.30. The van der Waals surface area contributed by atoms with Crippen molar-refractivity contribution in [2.75, 3.05) is 0 Å². The Bertz CT molecular complexity index is 281. The Balaban J connectivity index is 2.94. The van der Waals surface area contributed by atoms with Crippen molar-refractivity contribution in [1.82, 2.24) is 4.98 Å². The number of nitrogens with zero attached hydrogens (tertiary/aromatic N) is 1. The monoisotopic (exact) mass is 210 g/mol. The quantitative estimate of drug-likeness (QED) is 0.571. The van der Waals surface area contributed by atoms with E-state index in [1.807, 2.05) is 0 Å². The van der Waals surface area contributed by atoms with Gasteiger partial charge in [0.05, 0.1) is 11.3 Å². The summed E-state index contributed by atoms with van der Waals surface area (Å²) in [7, 11) is 0. The average Bonchev–Trinajstić information content (AvgIpc) is 2.03. The second-order valence-corrected chi connectivity index (χ2v) is 2.84. The first-order valence-corrected chi connectivity index (χ1v) is 3.77. The fourth-order valence-corrected chi connectivity index (χ4v) is 0.865. The Labute approximate surface area is 77.5 Å². The summed E-state index contributed by atoms with van der Waals surface area (Å²) in [5.41, 5.74) is 3.73. The van der Waals surface area contributed by atoms with E-state index in [2.05, 4.69) is 4.98 Å². The van der Waals surface area contributed by atoms with Gasteiger partial charge in [-0.2, -0.15) is 13.2 Å². The molecule has 0 spiro atoms. The fraction of sp³-hybridized carbons (Fsp3) is 0.286. The molecule has 6 heteroatoms. The fourth-order valence-electron chi connectivity index (χ4n) is 0.736. The lowest BCUT2D eigenvalue weighted by Gasteiger charge is -2.07. The molecule has 1 heterocycles. The molecule has 1 atom stereocenters. The third-order valence-electron chi connectivity index (χ3n) is 1.40. The molecular weight excluding hydrogens is 205 g/mol. The van der Waals surface area contributed by atoms with Crippen molar-refractivity contribution in [3.05, 3.63) is 29.6 Å². The van der Waals surface area contributed by atoms with Gasteiger partial charge in [0.1, 0.15) is 5.50 Å². The SMILES string of the molecule is NC(Cl)c1ccc(C(F)(F)F)cn1. The lowest BCUT2D eigenvalue weighted by Crippen LogP contribution is -2.08. The van der Waals surface area contributed by atoms with Crippen molar-refractivity contribution < 1.29 is 13.2 Å². The first kappa shape index (κ1) is 10.3. The molecule has 0 bridgehead atoms. The molecule has 2 N–H and O–H groups in total. The summed E-state index contributed by atoms with van der Waals surface area (Å²) in [5.74, 6) is 0. The number of aromatic nitrogens is 1. The molecule has 1 unspecified atom stereocenters. The molecule has 1 aromatic heterocycles.